The number of ketones is 1. The highest BCUT2D eigenvalue weighted by Gasteiger charge is 2.13. The van der Waals surface area contributed by atoms with E-state index < -0.39 is 0 Å². The second-order valence-corrected chi connectivity index (χ2v) is 5.56. The van der Waals surface area contributed by atoms with Crippen LogP contribution in [0.2, 0.25) is 0 Å². The summed E-state index contributed by atoms with van der Waals surface area (Å²) in [6.45, 7) is 7.95. The van der Waals surface area contributed by atoms with Gasteiger partial charge in [0.05, 0.1) is 5.69 Å². The van der Waals surface area contributed by atoms with E-state index in [2.05, 4.69) is 24.0 Å². The highest BCUT2D eigenvalue weighted by Crippen LogP contribution is 2.19. The number of carbonyl (C=O) groups is 1. The van der Waals surface area contributed by atoms with Gasteiger partial charge in [-0.2, -0.15) is 0 Å². The van der Waals surface area contributed by atoms with Crippen LogP contribution >= 0.6 is 0 Å². The zero-order valence-corrected chi connectivity index (χ0v) is 13.1. The number of benzene rings is 2. The Hall–Kier alpha value is -2.22. The highest BCUT2D eigenvalue weighted by atomic mass is 16.1. The van der Waals surface area contributed by atoms with Gasteiger partial charge in [0.2, 0.25) is 0 Å². The second-order valence-electron chi connectivity index (χ2n) is 5.56. The van der Waals surface area contributed by atoms with E-state index >= 15 is 0 Å². The SMILES string of the molecule is CC(CC(=O)c1c(C)cc(C)cc1C)=Nc1ccccc1. The summed E-state index contributed by atoms with van der Waals surface area (Å²) in [6, 6.07) is 13.9. The molecule has 0 saturated carbocycles. The number of aryl methyl sites for hydroxylation is 3. The monoisotopic (exact) mass is 279 g/mol. The maximum Gasteiger partial charge on any atom is 0.168 e. The first-order chi connectivity index (χ1) is 9.97. The third-order valence-electron chi connectivity index (χ3n) is 3.45. The number of rotatable bonds is 4. The van der Waals surface area contributed by atoms with Crippen molar-refractivity contribution in [3.05, 3.63) is 64.7 Å². The number of hydrogen-bond donors (Lipinski definition) is 0. The lowest BCUT2D eigenvalue weighted by atomic mass is 9.94. The summed E-state index contributed by atoms with van der Waals surface area (Å²) in [6.07, 6.45) is 0.361. The summed E-state index contributed by atoms with van der Waals surface area (Å²) < 4.78 is 0. The van der Waals surface area contributed by atoms with Crippen LogP contribution in [-0.2, 0) is 0 Å². The Bertz CT molecular complexity index is 661. The molecule has 0 unspecified atom stereocenters. The number of hydrogen-bond acceptors (Lipinski definition) is 2. The molecule has 0 amide bonds. The number of aliphatic imine (C=N–C) groups is 1. The van der Waals surface area contributed by atoms with Crippen molar-refractivity contribution < 1.29 is 4.79 Å². The normalized spacial score (nSPS) is 11.5. The third-order valence-corrected chi connectivity index (χ3v) is 3.45. The Morgan fingerprint density at radius 3 is 2.14 bits per heavy atom. The zero-order chi connectivity index (χ0) is 15.4. The maximum absolute atomic E-state index is 12.5. The molecule has 0 bridgehead atoms. The quantitative estimate of drug-likeness (QED) is 0.573. The number of Topliss-reactive ketones (excluding diaryl/α,β-unsaturated/α-hetero) is 1. The molecule has 0 heterocycles. The molecule has 0 N–H and O–H groups in total. The average molecular weight is 279 g/mol. The van der Waals surface area contributed by atoms with Crippen LogP contribution in [0.4, 0.5) is 5.69 Å². The van der Waals surface area contributed by atoms with Crippen LogP contribution in [0.25, 0.3) is 0 Å². The molecule has 2 aromatic carbocycles. The molecule has 21 heavy (non-hydrogen) atoms. The lowest BCUT2D eigenvalue weighted by molar-refractivity contribution is 0.0999. The fourth-order valence-electron chi connectivity index (χ4n) is 2.70. The van der Waals surface area contributed by atoms with Gasteiger partial charge in [0.15, 0.2) is 5.78 Å². The second kappa shape index (κ2) is 6.49. The fourth-order valence-corrected chi connectivity index (χ4v) is 2.70. The van der Waals surface area contributed by atoms with Gasteiger partial charge in [0.25, 0.3) is 0 Å². The van der Waals surface area contributed by atoms with Crippen molar-refractivity contribution >= 4 is 17.2 Å². The predicted octanol–water partition coefficient (Wildman–Crippen LogP) is 4.98. The lowest BCUT2D eigenvalue weighted by Gasteiger charge is -2.10. The molecule has 2 rings (SSSR count). The minimum absolute atomic E-state index is 0.141. The molecular formula is C19H21NO. The summed E-state index contributed by atoms with van der Waals surface area (Å²) in [7, 11) is 0. The highest BCUT2D eigenvalue weighted by molar-refractivity contribution is 6.10. The molecule has 0 aromatic heterocycles. The van der Waals surface area contributed by atoms with Crippen molar-refractivity contribution in [2.75, 3.05) is 0 Å². The van der Waals surface area contributed by atoms with Crippen LogP contribution in [0.1, 0.15) is 40.4 Å². The van der Waals surface area contributed by atoms with E-state index in [1.54, 1.807) is 0 Å². The Morgan fingerprint density at radius 2 is 1.57 bits per heavy atom. The van der Waals surface area contributed by atoms with Gasteiger partial charge in [0, 0.05) is 17.7 Å². The van der Waals surface area contributed by atoms with Gasteiger partial charge in [-0.15, -0.1) is 0 Å². The first kappa shape index (κ1) is 15.2. The summed E-state index contributed by atoms with van der Waals surface area (Å²) in [5, 5.41) is 0. The lowest BCUT2D eigenvalue weighted by Crippen LogP contribution is -2.09. The molecule has 2 nitrogen and oxygen atoms in total. The molecule has 2 heteroatoms. The molecule has 108 valence electrons. The van der Waals surface area contributed by atoms with E-state index in [9.17, 15) is 4.79 Å². The van der Waals surface area contributed by atoms with Gasteiger partial charge >= 0.3 is 0 Å². The fraction of sp³-hybridized carbons (Fsp3) is 0.263. The third kappa shape index (κ3) is 3.88. The van der Waals surface area contributed by atoms with Gasteiger partial charge in [-0.3, -0.25) is 9.79 Å². The number of para-hydroxylation sites is 1. The zero-order valence-electron chi connectivity index (χ0n) is 13.1. The summed E-state index contributed by atoms with van der Waals surface area (Å²) in [5.74, 6) is 0.141. The molecule has 0 aliphatic carbocycles. The molecule has 0 saturated heterocycles. The molecule has 0 fully saturated rings. The van der Waals surface area contributed by atoms with Crippen molar-refractivity contribution in [3.63, 3.8) is 0 Å². The van der Waals surface area contributed by atoms with Crippen LogP contribution in [0.5, 0.6) is 0 Å². The topological polar surface area (TPSA) is 29.4 Å². The summed E-state index contributed by atoms with van der Waals surface area (Å²) in [5.41, 5.74) is 5.85. The Balaban J connectivity index is 2.21. The molecule has 2 aromatic rings. The van der Waals surface area contributed by atoms with E-state index in [4.69, 9.17) is 0 Å². The predicted molar refractivity (Wildman–Crippen MR) is 88.8 cm³/mol. The van der Waals surface area contributed by atoms with E-state index in [0.29, 0.717) is 6.42 Å². The van der Waals surface area contributed by atoms with Gasteiger partial charge in [0.1, 0.15) is 0 Å². The van der Waals surface area contributed by atoms with E-state index in [0.717, 1.165) is 28.1 Å². The first-order valence-electron chi connectivity index (χ1n) is 7.17. The van der Waals surface area contributed by atoms with Gasteiger partial charge in [-0.25, -0.2) is 0 Å². The van der Waals surface area contributed by atoms with Crippen LogP contribution in [0.15, 0.2) is 47.5 Å². The molecule has 0 aliphatic rings. The molecule has 0 aliphatic heterocycles. The molecular weight excluding hydrogens is 258 g/mol. The van der Waals surface area contributed by atoms with Gasteiger partial charge in [-0.1, -0.05) is 35.9 Å². The van der Waals surface area contributed by atoms with Crippen LogP contribution in [0.3, 0.4) is 0 Å². The Labute approximate surface area is 126 Å². The summed E-state index contributed by atoms with van der Waals surface area (Å²) in [4.78, 5) is 17.0. The Kier molecular flexibility index (Phi) is 4.69. The molecule has 0 radical (unpaired) electrons. The van der Waals surface area contributed by atoms with Crippen molar-refractivity contribution in [3.8, 4) is 0 Å². The first-order valence-corrected chi connectivity index (χ1v) is 7.17. The van der Waals surface area contributed by atoms with E-state index in [1.807, 2.05) is 51.1 Å². The van der Waals surface area contributed by atoms with Crippen LogP contribution in [-0.4, -0.2) is 11.5 Å². The minimum Gasteiger partial charge on any atom is -0.294 e. The number of carbonyl (C=O) groups excluding carboxylic acids is 1. The average Bonchev–Trinajstić information content (AvgIpc) is 2.38. The largest absolute Gasteiger partial charge is 0.294 e. The van der Waals surface area contributed by atoms with Crippen LogP contribution < -0.4 is 0 Å². The van der Waals surface area contributed by atoms with Gasteiger partial charge in [-0.05, 0) is 51.0 Å². The van der Waals surface area contributed by atoms with Crippen molar-refractivity contribution in [1.29, 1.82) is 0 Å². The smallest absolute Gasteiger partial charge is 0.168 e. The van der Waals surface area contributed by atoms with Crippen molar-refractivity contribution in [2.24, 2.45) is 4.99 Å². The summed E-state index contributed by atoms with van der Waals surface area (Å²) >= 11 is 0. The molecule has 0 spiro atoms. The van der Waals surface area contributed by atoms with E-state index in [-0.39, 0.29) is 5.78 Å². The Morgan fingerprint density at radius 1 is 1.00 bits per heavy atom. The van der Waals surface area contributed by atoms with E-state index in [1.165, 1.54) is 5.56 Å². The maximum atomic E-state index is 12.5. The van der Waals surface area contributed by atoms with Crippen LogP contribution in [0, 0.1) is 20.8 Å². The van der Waals surface area contributed by atoms with Crippen molar-refractivity contribution in [2.45, 2.75) is 34.1 Å². The number of nitrogens with zero attached hydrogens (tertiary/aromatic N) is 1. The minimum atomic E-state index is 0.141. The van der Waals surface area contributed by atoms with Crippen molar-refractivity contribution in [1.82, 2.24) is 0 Å². The standard InChI is InChI=1S/C19H21NO/c1-13-10-14(2)19(15(3)11-13)18(21)12-16(4)20-17-8-6-5-7-9-17/h5-11H,12H2,1-4H3. The van der Waals surface area contributed by atoms with Gasteiger partial charge < -0.3 is 0 Å². The molecule has 0 atom stereocenters.